The van der Waals surface area contributed by atoms with Gasteiger partial charge < -0.3 is 50.3 Å². The van der Waals surface area contributed by atoms with Crippen LogP contribution in [0.2, 0.25) is 0 Å². The lowest BCUT2D eigenvalue weighted by molar-refractivity contribution is -0.148. The molecule has 0 radical (unpaired) electrons. The molecule has 0 aromatic heterocycles. The number of hydrogen-bond acceptors (Lipinski definition) is 12. The summed E-state index contributed by atoms with van der Waals surface area (Å²) in [7, 11) is 5.68. The second-order valence-electron chi connectivity index (χ2n) is 21.4. The van der Waals surface area contributed by atoms with Crippen LogP contribution in [-0.4, -0.2) is 197 Å². The zero-order valence-electron chi connectivity index (χ0n) is 45.0. The number of aliphatic hydroxyl groups excluding tert-OH is 1. The van der Waals surface area contributed by atoms with E-state index in [0.29, 0.717) is 13.1 Å². The molecule has 0 saturated carbocycles. The van der Waals surface area contributed by atoms with Crippen LogP contribution in [0, 0.1) is 17.8 Å². The average Bonchev–Trinajstić information content (AvgIpc) is 3.32. The molecule has 8 atom stereocenters. The Balaban J connectivity index is 2.16. The van der Waals surface area contributed by atoms with Gasteiger partial charge in [0.2, 0.25) is 47.3 Å². The highest BCUT2D eigenvalue weighted by Gasteiger charge is 2.40. The minimum Gasteiger partial charge on any atom is -0.391 e. The van der Waals surface area contributed by atoms with Crippen molar-refractivity contribution < 1.29 is 53.0 Å². The summed E-state index contributed by atoms with van der Waals surface area (Å²) < 4.78 is 6.02. The molecule has 3 rings (SSSR count). The topological polar surface area (TPSA) is 235 Å². The number of ketones is 1. The van der Waals surface area contributed by atoms with Gasteiger partial charge in [0.25, 0.3) is 0 Å². The number of nitrogens with one attached hydrogen (secondary N) is 3. The SMILES string of the molecule is CC(C)C[C@H]1C(=O)N[C@@H](COC(C)(C)C)C(=O)N[C@H](C(=O)N2CCCCC2)CSCC(=O)N(C)[C@@H](C)C(=O)C[C@@H](Cc2ccccc2)C(=O)N(C)[C@@H](CC(C)C)C(=O)N[C@@H]([C@@H](C)O)C(=O)N(C)CC(=O)N1C. The van der Waals surface area contributed by atoms with Crippen LogP contribution in [0.15, 0.2) is 30.3 Å². The molecule has 2 heterocycles. The highest BCUT2D eigenvalue weighted by molar-refractivity contribution is 8.00. The molecule has 2 aliphatic rings. The maximum absolute atomic E-state index is 14.7. The number of likely N-dealkylation sites (N-methyl/N-ethyl adjacent to an activating group) is 4. The third-order valence-corrected chi connectivity index (χ3v) is 14.2. The van der Waals surface area contributed by atoms with Crippen molar-refractivity contribution >= 4 is 64.8 Å². The Labute approximate surface area is 431 Å². The number of carbonyl (C=O) groups is 9. The average molecular weight is 1030 g/mol. The second kappa shape index (κ2) is 28.4. The number of Topliss-reactive ketones (excluding diaryl/α,β-unsaturated/α-hetero) is 1. The summed E-state index contributed by atoms with van der Waals surface area (Å²) in [5.41, 5.74) is 0.0112. The van der Waals surface area contributed by atoms with Crippen molar-refractivity contribution in [1.82, 2.24) is 40.4 Å². The first-order chi connectivity index (χ1) is 33.6. The number of ether oxygens (including phenoxy) is 1. The molecular weight excluding hydrogens is 945 g/mol. The van der Waals surface area contributed by atoms with Crippen LogP contribution >= 0.6 is 11.8 Å². The summed E-state index contributed by atoms with van der Waals surface area (Å²) >= 11 is 1.10. The number of benzene rings is 1. The van der Waals surface area contributed by atoms with Gasteiger partial charge in [0.05, 0.1) is 36.7 Å². The van der Waals surface area contributed by atoms with E-state index in [-0.39, 0.29) is 61.5 Å². The number of rotatable bonds is 10. The van der Waals surface area contributed by atoms with Gasteiger partial charge in [-0.25, -0.2) is 0 Å². The molecule has 2 fully saturated rings. The molecule has 0 bridgehead atoms. The molecule has 0 unspecified atom stereocenters. The third kappa shape index (κ3) is 18.8. The van der Waals surface area contributed by atoms with E-state index in [0.717, 1.165) is 41.5 Å². The van der Waals surface area contributed by atoms with E-state index in [2.05, 4.69) is 16.0 Å². The summed E-state index contributed by atoms with van der Waals surface area (Å²) in [4.78, 5) is 135. The maximum Gasteiger partial charge on any atom is 0.248 e. The number of amides is 8. The van der Waals surface area contributed by atoms with Gasteiger partial charge in [0.15, 0.2) is 5.78 Å². The maximum atomic E-state index is 14.7. The van der Waals surface area contributed by atoms with Crippen LogP contribution in [0.25, 0.3) is 0 Å². The normalized spacial score (nSPS) is 25.9. The molecule has 19 nitrogen and oxygen atoms in total. The van der Waals surface area contributed by atoms with Gasteiger partial charge in [0, 0.05) is 59.4 Å². The Bertz CT molecular complexity index is 2030. The van der Waals surface area contributed by atoms with Crippen molar-refractivity contribution in [3.8, 4) is 0 Å². The fourth-order valence-corrected chi connectivity index (χ4v) is 9.54. The Morgan fingerprint density at radius 2 is 1.32 bits per heavy atom. The van der Waals surface area contributed by atoms with Gasteiger partial charge >= 0.3 is 0 Å². The molecule has 2 aliphatic heterocycles. The lowest BCUT2D eigenvalue weighted by Gasteiger charge is -2.35. The monoisotopic (exact) mass is 1030 g/mol. The number of hydrogen-bond donors (Lipinski definition) is 4. The van der Waals surface area contributed by atoms with E-state index in [1.165, 1.54) is 49.8 Å². The first-order valence-electron chi connectivity index (χ1n) is 25.3. The Kier molecular flexibility index (Phi) is 24.1. The van der Waals surface area contributed by atoms with E-state index >= 15 is 0 Å². The van der Waals surface area contributed by atoms with Crippen molar-refractivity contribution in [1.29, 1.82) is 0 Å². The zero-order chi connectivity index (χ0) is 54.2. The van der Waals surface area contributed by atoms with Crippen molar-refractivity contribution in [2.24, 2.45) is 17.8 Å². The van der Waals surface area contributed by atoms with Crippen LogP contribution in [0.3, 0.4) is 0 Å². The highest BCUT2D eigenvalue weighted by atomic mass is 32.2. The van der Waals surface area contributed by atoms with Crippen LogP contribution in [0.1, 0.15) is 106 Å². The molecule has 4 N–H and O–H groups in total. The summed E-state index contributed by atoms with van der Waals surface area (Å²) in [6.45, 7) is 15.8. The molecule has 0 spiro atoms. The van der Waals surface area contributed by atoms with Gasteiger partial charge in [-0.3, -0.25) is 43.2 Å². The molecule has 1 aromatic carbocycles. The number of nitrogens with zero attached hydrogens (tertiary/aromatic N) is 5. The van der Waals surface area contributed by atoms with E-state index in [9.17, 15) is 48.3 Å². The Morgan fingerprint density at radius 3 is 1.88 bits per heavy atom. The Hall–Kier alpha value is -5.08. The van der Waals surface area contributed by atoms with Crippen LogP contribution < -0.4 is 16.0 Å². The van der Waals surface area contributed by atoms with Crippen molar-refractivity contribution in [2.75, 3.05) is 65.9 Å². The van der Waals surface area contributed by atoms with Crippen LogP contribution in [-0.2, 0) is 54.3 Å². The molecule has 404 valence electrons. The molecule has 20 heteroatoms. The third-order valence-electron chi connectivity index (χ3n) is 13.1. The minimum atomic E-state index is -1.56. The van der Waals surface area contributed by atoms with Gasteiger partial charge in [0.1, 0.15) is 30.2 Å². The molecule has 8 amide bonds. The molecule has 72 heavy (non-hydrogen) atoms. The predicted molar refractivity (Wildman–Crippen MR) is 276 cm³/mol. The van der Waals surface area contributed by atoms with Gasteiger partial charge in [-0.15, -0.1) is 11.8 Å². The largest absolute Gasteiger partial charge is 0.391 e. The minimum absolute atomic E-state index is 0.0236. The standard InChI is InChI=1S/C52H84N8O11S/c1-32(2)24-40-47(66)53-38(29-71-52(7,8)9)46(65)54-39(50(69)60-22-18-15-19-23-60)30-72-31-44(64)57(11)34(5)42(62)27-37(26-36-20-16-14-17-21-36)49(68)59(13)41(25-33(3)4)48(67)55-45(35(6)61)51(70)56(10)28-43(63)58(40)12/h14,16-17,20-21,32-35,37-41,45,61H,15,18-19,22-31H2,1-13H3,(H,53,66)(H,54,65)(H,55,67)/t34-,35+,37+,38-,39-,40-,41-,45-/m0/s1. The first kappa shape index (κ1) is 61.2. The molecule has 2 saturated heterocycles. The second-order valence-corrected chi connectivity index (χ2v) is 22.4. The number of carbonyl (C=O) groups excluding carboxylic acids is 9. The fourth-order valence-electron chi connectivity index (χ4n) is 8.58. The number of piperidine rings is 1. The number of thioether (sulfide) groups is 1. The van der Waals surface area contributed by atoms with Crippen LogP contribution in [0.5, 0.6) is 0 Å². The van der Waals surface area contributed by atoms with Gasteiger partial charge in [-0.1, -0.05) is 58.0 Å². The number of aliphatic hydroxyl groups is 1. The van der Waals surface area contributed by atoms with Crippen molar-refractivity contribution in [3.05, 3.63) is 35.9 Å². The molecular formula is C52H84N8O11S. The van der Waals surface area contributed by atoms with E-state index < -0.39 is 108 Å². The highest BCUT2D eigenvalue weighted by Crippen LogP contribution is 2.23. The lowest BCUT2D eigenvalue weighted by Crippen LogP contribution is -2.60. The van der Waals surface area contributed by atoms with Crippen LogP contribution in [0.4, 0.5) is 0 Å². The predicted octanol–water partition coefficient (Wildman–Crippen LogP) is 2.27. The number of likely N-dealkylation sites (tertiary alicyclic amines) is 1. The van der Waals surface area contributed by atoms with Gasteiger partial charge in [-0.05, 0) is 90.5 Å². The zero-order valence-corrected chi connectivity index (χ0v) is 45.8. The fraction of sp³-hybridized carbons (Fsp3) is 0.712. The smallest absolute Gasteiger partial charge is 0.248 e. The quantitative estimate of drug-likeness (QED) is 0.264. The molecule has 0 aliphatic carbocycles. The van der Waals surface area contributed by atoms with Gasteiger partial charge in [-0.2, -0.15) is 0 Å². The summed E-state index contributed by atoms with van der Waals surface area (Å²) in [5.74, 6) is -6.76. The van der Waals surface area contributed by atoms with E-state index in [4.69, 9.17) is 4.74 Å². The first-order valence-corrected chi connectivity index (χ1v) is 26.5. The summed E-state index contributed by atoms with van der Waals surface area (Å²) in [6.07, 6.45) is 1.21. The van der Waals surface area contributed by atoms with Crippen molar-refractivity contribution in [3.63, 3.8) is 0 Å². The molecule has 1 aromatic rings. The summed E-state index contributed by atoms with van der Waals surface area (Å²) in [6, 6.07) is 1.80. The Morgan fingerprint density at radius 1 is 0.750 bits per heavy atom. The summed E-state index contributed by atoms with van der Waals surface area (Å²) in [5, 5.41) is 19.2. The van der Waals surface area contributed by atoms with E-state index in [1.54, 1.807) is 32.6 Å². The van der Waals surface area contributed by atoms with Crippen molar-refractivity contribution in [2.45, 2.75) is 155 Å². The lowest BCUT2D eigenvalue weighted by atomic mass is 9.90. The van der Waals surface area contributed by atoms with E-state index in [1.807, 2.05) is 58.0 Å².